The van der Waals surface area contributed by atoms with E-state index in [1.807, 2.05) is 13.0 Å². The van der Waals surface area contributed by atoms with Crippen molar-refractivity contribution in [2.75, 3.05) is 0 Å². The van der Waals surface area contributed by atoms with Crippen molar-refractivity contribution in [1.29, 1.82) is 0 Å². The minimum atomic E-state index is -0.439. The molecule has 0 aliphatic heterocycles. The standard InChI is InChI=1S/C14H15F2NO/c1-9(12-8-11(15)5-6-13(12)16)17-10(2)14-4-3-7-18-14/h3-10,17H,1-2H3. The van der Waals surface area contributed by atoms with Gasteiger partial charge in [-0.1, -0.05) is 0 Å². The monoisotopic (exact) mass is 251 g/mol. The first-order chi connectivity index (χ1) is 8.58. The van der Waals surface area contributed by atoms with Crippen LogP contribution in [0.2, 0.25) is 0 Å². The predicted octanol–water partition coefficient (Wildman–Crippen LogP) is 3.97. The molecule has 0 spiro atoms. The molecule has 1 N–H and O–H groups in total. The number of nitrogens with one attached hydrogen (secondary N) is 1. The highest BCUT2D eigenvalue weighted by Gasteiger charge is 2.16. The van der Waals surface area contributed by atoms with Crippen LogP contribution in [0.5, 0.6) is 0 Å². The quantitative estimate of drug-likeness (QED) is 0.889. The Hall–Kier alpha value is -1.68. The summed E-state index contributed by atoms with van der Waals surface area (Å²) in [4.78, 5) is 0. The van der Waals surface area contributed by atoms with Crippen LogP contribution in [0.25, 0.3) is 0 Å². The summed E-state index contributed by atoms with van der Waals surface area (Å²) in [5.41, 5.74) is 0.313. The van der Waals surface area contributed by atoms with E-state index in [0.29, 0.717) is 5.56 Å². The molecule has 0 amide bonds. The van der Waals surface area contributed by atoms with Gasteiger partial charge in [-0.3, -0.25) is 0 Å². The van der Waals surface area contributed by atoms with E-state index in [-0.39, 0.29) is 12.1 Å². The third kappa shape index (κ3) is 2.76. The number of rotatable bonds is 4. The lowest BCUT2D eigenvalue weighted by atomic mass is 10.1. The second-order valence-corrected chi connectivity index (χ2v) is 4.29. The summed E-state index contributed by atoms with van der Waals surface area (Å²) in [6, 6.07) is 6.72. The maximum atomic E-state index is 13.6. The molecule has 96 valence electrons. The largest absolute Gasteiger partial charge is 0.468 e. The van der Waals surface area contributed by atoms with Crippen molar-refractivity contribution in [2.45, 2.75) is 25.9 Å². The summed E-state index contributed by atoms with van der Waals surface area (Å²) >= 11 is 0. The van der Waals surface area contributed by atoms with Gasteiger partial charge in [0.05, 0.1) is 12.3 Å². The molecule has 0 aliphatic rings. The van der Waals surface area contributed by atoms with E-state index in [9.17, 15) is 8.78 Å². The average molecular weight is 251 g/mol. The molecule has 2 unspecified atom stereocenters. The fourth-order valence-electron chi connectivity index (χ4n) is 1.93. The summed E-state index contributed by atoms with van der Waals surface area (Å²) in [5, 5.41) is 3.17. The van der Waals surface area contributed by atoms with Crippen LogP contribution in [-0.2, 0) is 0 Å². The zero-order valence-corrected chi connectivity index (χ0v) is 10.3. The van der Waals surface area contributed by atoms with Gasteiger partial charge >= 0.3 is 0 Å². The van der Waals surface area contributed by atoms with Gasteiger partial charge in [0.1, 0.15) is 17.4 Å². The average Bonchev–Trinajstić information content (AvgIpc) is 2.85. The molecule has 2 rings (SSSR count). The highest BCUT2D eigenvalue weighted by atomic mass is 19.1. The lowest BCUT2D eigenvalue weighted by Gasteiger charge is -2.19. The topological polar surface area (TPSA) is 25.2 Å². The van der Waals surface area contributed by atoms with Crippen molar-refractivity contribution in [3.8, 4) is 0 Å². The lowest BCUT2D eigenvalue weighted by Crippen LogP contribution is -2.23. The van der Waals surface area contributed by atoms with Crippen LogP contribution in [0.4, 0.5) is 8.78 Å². The highest BCUT2D eigenvalue weighted by Crippen LogP contribution is 2.22. The summed E-state index contributed by atoms with van der Waals surface area (Å²) in [5.74, 6) is -0.0904. The summed E-state index contributed by atoms with van der Waals surface area (Å²) in [6.07, 6.45) is 1.58. The van der Waals surface area contributed by atoms with Crippen LogP contribution in [-0.4, -0.2) is 0 Å². The molecular weight excluding hydrogens is 236 g/mol. The molecule has 0 radical (unpaired) electrons. The van der Waals surface area contributed by atoms with Gasteiger partial charge in [-0.2, -0.15) is 0 Å². The number of hydrogen-bond acceptors (Lipinski definition) is 2. The molecule has 0 bridgehead atoms. The lowest BCUT2D eigenvalue weighted by molar-refractivity contribution is 0.396. The third-order valence-corrected chi connectivity index (χ3v) is 2.89. The van der Waals surface area contributed by atoms with Crippen LogP contribution < -0.4 is 5.32 Å². The zero-order chi connectivity index (χ0) is 13.1. The van der Waals surface area contributed by atoms with Gasteiger partial charge in [-0.25, -0.2) is 8.78 Å². The van der Waals surface area contributed by atoms with Crippen molar-refractivity contribution >= 4 is 0 Å². The van der Waals surface area contributed by atoms with Gasteiger partial charge in [0.25, 0.3) is 0 Å². The summed E-state index contributed by atoms with van der Waals surface area (Å²) < 4.78 is 31.9. The molecule has 1 heterocycles. The predicted molar refractivity (Wildman–Crippen MR) is 65.0 cm³/mol. The minimum Gasteiger partial charge on any atom is -0.468 e. The van der Waals surface area contributed by atoms with E-state index in [0.717, 1.165) is 17.9 Å². The molecule has 0 aliphatic carbocycles. The van der Waals surface area contributed by atoms with Gasteiger partial charge < -0.3 is 9.73 Å². The van der Waals surface area contributed by atoms with Crippen LogP contribution in [0.1, 0.15) is 37.3 Å². The van der Waals surface area contributed by atoms with E-state index < -0.39 is 11.6 Å². The van der Waals surface area contributed by atoms with E-state index >= 15 is 0 Å². The van der Waals surface area contributed by atoms with E-state index in [4.69, 9.17) is 4.42 Å². The Morgan fingerprint density at radius 2 is 1.89 bits per heavy atom. The molecule has 0 fully saturated rings. The van der Waals surface area contributed by atoms with Gasteiger partial charge in [0.2, 0.25) is 0 Å². The molecule has 2 atom stereocenters. The molecule has 2 nitrogen and oxygen atoms in total. The molecule has 1 aromatic carbocycles. The molecule has 1 aromatic heterocycles. The van der Waals surface area contributed by atoms with Crippen LogP contribution >= 0.6 is 0 Å². The normalized spacial score (nSPS) is 14.4. The Balaban J connectivity index is 2.12. The maximum Gasteiger partial charge on any atom is 0.128 e. The molecule has 2 aromatic rings. The maximum absolute atomic E-state index is 13.6. The van der Waals surface area contributed by atoms with Gasteiger partial charge in [0.15, 0.2) is 0 Å². The molecular formula is C14H15F2NO. The van der Waals surface area contributed by atoms with Crippen molar-refractivity contribution < 1.29 is 13.2 Å². The molecule has 18 heavy (non-hydrogen) atoms. The number of benzene rings is 1. The minimum absolute atomic E-state index is 0.0716. The second kappa shape index (κ2) is 5.31. The first-order valence-corrected chi connectivity index (χ1v) is 5.82. The molecule has 4 heteroatoms. The van der Waals surface area contributed by atoms with Gasteiger partial charge in [0, 0.05) is 11.6 Å². The van der Waals surface area contributed by atoms with E-state index in [2.05, 4.69) is 5.32 Å². The second-order valence-electron chi connectivity index (χ2n) is 4.29. The van der Waals surface area contributed by atoms with Crippen LogP contribution in [0.3, 0.4) is 0 Å². The van der Waals surface area contributed by atoms with Gasteiger partial charge in [-0.05, 0) is 44.2 Å². The number of furan rings is 1. The number of halogens is 2. The highest BCUT2D eigenvalue weighted by molar-refractivity contribution is 5.22. The van der Waals surface area contributed by atoms with Gasteiger partial charge in [-0.15, -0.1) is 0 Å². The zero-order valence-electron chi connectivity index (χ0n) is 10.3. The van der Waals surface area contributed by atoms with Crippen molar-refractivity contribution in [3.05, 3.63) is 59.6 Å². The fraction of sp³-hybridized carbons (Fsp3) is 0.286. The fourth-order valence-corrected chi connectivity index (χ4v) is 1.93. The Labute approximate surface area is 105 Å². The van der Waals surface area contributed by atoms with Crippen LogP contribution in [0, 0.1) is 11.6 Å². The molecule has 0 saturated heterocycles. The Morgan fingerprint density at radius 3 is 2.56 bits per heavy atom. The third-order valence-electron chi connectivity index (χ3n) is 2.89. The van der Waals surface area contributed by atoms with Crippen molar-refractivity contribution in [3.63, 3.8) is 0 Å². The Bertz CT molecular complexity index is 511. The molecule has 0 saturated carbocycles. The first-order valence-electron chi connectivity index (χ1n) is 5.82. The summed E-state index contributed by atoms with van der Waals surface area (Å²) in [7, 11) is 0. The van der Waals surface area contributed by atoms with Crippen molar-refractivity contribution in [2.24, 2.45) is 0 Å². The van der Waals surface area contributed by atoms with E-state index in [1.165, 1.54) is 6.07 Å². The smallest absolute Gasteiger partial charge is 0.128 e. The first kappa shape index (κ1) is 12.8. The SMILES string of the molecule is CC(NC(C)c1cc(F)ccc1F)c1ccco1. The summed E-state index contributed by atoms with van der Waals surface area (Å²) in [6.45, 7) is 3.70. The number of hydrogen-bond donors (Lipinski definition) is 1. The van der Waals surface area contributed by atoms with Crippen LogP contribution in [0.15, 0.2) is 41.0 Å². The van der Waals surface area contributed by atoms with E-state index in [1.54, 1.807) is 19.3 Å². The Morgan fingerprint density at radius 1 is 1.11 bits per heavy atom. The Kier molecular flexibility index (Phi) is 3.77. The van der Waals surface area contributed by atoms with Crippen molar-refractivity contribution in [1.82, 2.24) is 5.32 Å².